The molecular formula is C13H32N2O2. The van der Waals surface area contributed by atoms with Gasteiger partial charge in [0.25, 0.3) is 0 Å². The summed E-state index contributed by atoms with van der Waals surface area (Å²) in [5.74, 6) is 5.16. The Bertz CT molecular complexity index is 112. The van der Waals surface area contributed by atoms with E-state index in [-0.39, 0.29) is 6.61 Å². The van der Waals surface area contributed by atoms with E-state index in [2.05, 4.69) is 12.3 Å². The summed E-state index contributed by atoms with van der Waals surface area (Å²) in [6.07, 6.45) is 10.4. The number of rotatable bonds is 10. The number of hydrazine groups is 1. The van der Waals surface area contributed by atoms with Crippen molar-refractivity contribution >= 4 is 0 Å². The third-order valence-electron chi connectivity index (χ3n) is 2.44. The van der Waals surface area contributed by atoms with Crippen molar-refractivity contribution < 1.29 is 10.2 Å². The number of aliphatic hydroxyl groups excluding tert-OH is 2. The van der Waals surface area contributed by atoms with E-state index in [0.29, 0.717) is 0 Å². The lowest BCUT2D eigenvalue weighted by atomic mass is 10.1. The average molecular weight is 248 g/mol. The molecule has 0 bridgehead atoms. The summed E-state index contributed by atoms with van der Waals surface area (Å²) < 4.78 is 0. The minimum Gasteiger partial charge on any atom is -0.394 e. The van der Waals surface area contributed by atoms with E-state index in [1.54, 1.807) is 0 Å². The lowest BCUT2D eigenvalue weighted by molar-refractivity contribution is 0.110. The van der Waals surface area contributed by atoms with Crippen molar-refractivity contribution in [3.05, 3.63) is 0 Å². The zero-order chi connectivity index (χ0) is 13.4. The molecule has 0 heterocycles. The van der Waals surface area contributed by atoms with Gasteiger partial charge in [-0.25, -0.2) is 0 Å². The molecule has 0 aromatic carbocycles. The van der Waals surface area contributed by atoms with E-state index in [9.17, 15) is 0 Å². The SMILES string of the molecule is CC(O)CO.CCCCCCCCCCNN. The largest absolute Gasteiger partial charge is 0.394 e. The summed E-state index contributed by atoms with van der Waals surface area (Å²) in [7, 11) is 0. The molecule has 4 heteroatoms. The van der Waals surface area contributed by atoms with Gasteiger partial charge in [-0.15, -0.1) is 0 Å². The topological polar surface area (TPSA) is 78.5 Å². The van der Waals surface area contributed by atoms with Crippen LogP contribution in [0.3, 0.4) is 0 Å². The first-order valence-corrected chi connectivity index (χ1v) is 6.91. The van der Waals surface area contributed by atoms with Crippen LogP contribution in [0.1, 0.15) is 65.2 Å². The number of nitrogens with two attached hydrogens (primary N) is 1. The Morgan fingerprint density at radius 1 is 1.00 bits per heavy atom. The van der Waals surface area contributed by atoms with Crippen LogP contribution in [0, 0.1) is 0 Å². The zero-order valence-corrected chi connectivity index (χ0v) is 11.6. The van der Waals surface area contributed by atoms with Crippen LogP contribution < -0.4 is 11.3 Å². The minimum atomic E-state index is -0.560. The van der Waals surface area contributed by atoms with E-state index in [1.165, 1.54) is 58.3 Å². The fraction of sp³-hybridized carbons (Fsp3) is 1.00. The Morgan fingerprint density at radius 3 is 1.76 bits per heavy atom. The number of nitrogens with one attached hydrogen (secondary N) is 1. The molecule has 1 atom stereocenters. The van der Waals surface area contributed by atoms with Crippen LogP contribution in [0.2, 0.25) is 0 Å². The van der Waals surface area contributed by atoms with Crippen molar-refractivity contribution in [3.63, 3.8) is 0 Å². The molecule has 0 aromatic heterocycles. The predicted octanol–water partition coefficient (Wildman–Crippen LogP) is 1.95. The number of hydrogen-bond donors (Lipinski definition) is 4. The van der Waals surface area contributed by atoms with Crippen molar-refractivity contribution in [1.82, 2.24) is 5.43 Å². The summed E-state index contributed by atoms with van der Waals surface area (Å²) in [6.45, 7) is 4.61. The molecule has 0 fully saturated rings. The monoisotopic (exact) mass is 248 g/mol. The first-order valence-electron chi connectivity index (χ1n) is 6.91. The molecular weight excluding hydrogens is 216 g/mol. The molecule has 0 saturated heterocycles. The number of aliphatic hydroxyl groups is 2. The van der Waals surface area contributed by atoms with Crippen molar-refractivity contribution in [3.8, 4) is 0 Å². The van der Waals surface area contributed by atoms with Crippen LogP contribution in [0.5, 0.6) is 0 Å². The van der Waals surface area contributed by atoms with Gasteiger partial charge in [0, 0.05) is 6.54 Å². The Balaban J connectivity index is 0. The zero-order valence-electron chi connectivity index (χ0n) is 11.6. The van der Waals surface area contributed by atoms with Gasteiger partial charge < -0.3 is 10.2 Å². The highest BCUT2D eigenvalue weighted by atomic mass is 16.3. The molecule has 1 unspecified atom stereocenters. The fourth-order valence-corrected chi connectivity index (χ4v) is 1.36. The van der Waals surface area contributed by atoms with E-state index < -0.39 is 6.10 Å². The van der Waals surface area contributed by atoms with Crippen LogP contribution in [0.15, 0.2) is 0 Å². The predicted molar refractivity (Wildman–Crippen MR) is 73.6 cm³/mol. The standard InChI is InChI=1S/C10H24N2.C3H8O2/c1-2-3-4-5-6-7-8-9-10-12-11;1-3(5)2-4/h12H,2-11H2,1H3;3-5H,2H2,1H3. The van der Waals surface area contributed by atoms with Crippen molar-refractivity contribution in [2.24, 2.45) is 5.84 Å². The molecule has 5 N–H and O–H groups in total. The second-order valence-corrected chi connectivity index (χ2v) is 4.46. The maximum absolute atomic E-state index is 8.11. The first kappa shape index (κ1) is 19.2. The highest BCUT2D eigenvalue weighted by Crippen LogP contribution is 2.07. The summed E-state index contributed by atoms with van der Waals surface area (Å²) in [4.78, 5) is 0. The minimum absolute atomic E-state index is 0.139. The van der Waals surface area contributed by atoms with Crippen LogP contribution in [0.25, 0.3) is 0 Å². The fourth-order valence-electron chi connectivity index (χ4n) is 1.36. The van der Waals surface area contributed by atoms with Gasteiger partial charge in [0.15, 0.2) is 0 Å². The van der Waals surface area contributed by atoms with Crippen molar-refractivity contribution in [2.45, 2.75) is 71.3 Å². The van der Waals surface area contributed by atoms with Gasteiger partial charge in [0.1, 0.15) is 0 Å². The molecule has 0 saturated carbocycles. The molecule has 0 amide bonds. The average Bonchev–Trinajstić information content (AvgIpc) is 2.33. The van der Waals surface area contributed by atoms with E-state index in [0.717, 1.165) is 6.54 Å². The molecule has 17 heavy (non-hydrogen) atoms. The summed E-state index contributed by atoms with van der Waals surface area (Å²) in [5.41, 5.74) is 2.68. The van der Waals surface area contributed by atoms with Crippen molar-refractivity contribution in [2.75, 3.05) is 13.2 Å². The Labute approximate surface area is 107 Å². The lowest BCUT2D eigenvalue weighted by Gasteiger charge is -2.00. The molecule has 0 aliphatic rings. The van der Waals surface area contributed by atoms with Gasteiger partial charge in [-0.1, -0.05) is 51.9 Å². The third-order valence-corrected chi connectivity index (χ3v) is 2.44. The normalized spacial score (nSPS) is 11.8. The Morgan fingerprint density at radius 2 is 1.41 bits per heavy atom. The lowest BCUT2D eigenvalue weighted by Crippen LogP contribution is -2.22. The molecule has 0 rings (SSSR count). The summed E-state index contributed by atoms with van der Waals surface area (Å²) >= 11 is 0. The number of unbranched alkanes of at least 4 members (excludes halogenated alkanes) is 7. The molecule has 4 nitrogen and oxygen atoms in total. The molecule has 106 valence electrons. The highest BCUT2D eigenvalue weighted by Gasteiger charge is 1.90. The van der Waals surface area contributed by atoms with Gasteiger partial charge >= 0.3 is 0 Å². The van der Waals surface area contributed by atoms with Gasteiger partial charge in [0.05, 0.1) is 12.7 Å². The smallest absolute Gasteiger partial charge is 0.0742 e. The molecule has 0 aliphatic carbocycles. The molecule has 0 spiro atoms. The molecule has 0 aromatic rings. The van der Waals surface area contributed by atoms with E-state index >= 15 is 0 Å². The highest BCUT2D eigenvalue weighted by molar-refractivity contribution is 4.46. The van der Waals surface area contributed by atoms with Gasteiger partial charge in [-0.05, 0) is 13.3 Å². The Kier molecular flexibility index (Phi) is 20.6. The summed E-state index contributed by atoms with van der Waals surface area (Å²) in [5, 5.41) is 16.0. The van der Waals surface area contributed by atoms with Gasteiger partial charge in [-0.2, -0.15) is 0 Å². The van der Waals surface area contributed by atoms with Crippen LogP contribution in [-0.4, -0.2) is 29.5 Å². The van der Waals surface area contributed by atoms with Crippen LogP contribution >= 0.6 is 0 Å². The number of hydrogen-bond acceptors (Lipinski definition) is 4. The molecule has 0 aliphatic heterocycles. The van der Waals surface area contributed by atoms with Crippen LogP contribution in [0.4, 0.5) is 0 Å². The third kappa shape index (κ3) is 25.8. The second-order valence-electron chi connectivity index (χ2n) is 4.46. The maximum Gasteiger partial charge on any atom is 0.0742 e. The second kappa shape index (κ2) is 18.2. The van der Waals surface area contributed by atoms with Crippen molar-refractivity contribution in [1.29, 1.82) is 0 Å². The maximum atomic E-state index is 8.11. The first-order chi connectivity index (χ1) is 8.18. The van der Waals surface area contributed by atoms with Gasteiger partial charge in [0.2, 0.25) is 0 Å². The van der Waals surface area contributed by atoms with Crippen LogP contribution in [-0.2, 0) is 0 Å². The summed E-state index contributed by atoms with van der Waals surface area (Å²) in [6, 6.07) is 0. The molecule has 0 radical (unpaired) electrons. The Hall–Kier alpha value is -0.160. The van der Waals surface area contributed by atoms with Gasteiger partial charge in [-0.3, -0.25) is 11.3 Å². The quantitative estimate of drug-likeness (QED) is 0.271. The van der Waals surface area contributed by atoms with E-state index in [1.807, 2.05) is 0 Å². The van der Waals surface area contributed by atoms with E-state index in [4.69, 9.17) is 16.1 Å².